The van der Waals surface area contributed by atoms with E-state index in [-0.39, 0.29) is 5.56 Å². The smallest absolute Gasteiger partial charge is 0.216 e. The quantitative estimate of drug-likeness (QED) is 0.782. The van der Waals surface area contributed by atoms with Gasteiger partial charge in [0.05, 0.1) is 10.6 Å². The number of hydrogen-bond donors (Lipinski definition) is 1. The summed E-state index contributed by atoms with van der Waals surface area (Å²) in [6.45, 7) is 0. The van der Waals surface area contributed by atoms with E-state index >= 15 is 0 Å². The molecule has 78 valence electrons. The summed E-state index contributed by atoms with van der Waals surface area (Å²) < 4.78 is 15.4. The van der Waals surface area contributed by atoms with Crippen LogP contribution in [-0.4, -0.2) is 14.8 Å². The van der Waals surface area contributed by atoms with Gasteiger partial charge in [-0.3, -0.25) is 9.78 Å². The molecule has 0 aliphatic heterocycles. The summed E-state index contributed by atoms with van der Waals surface area (Å²) in [5, 5.41) is 3.12. The number of nitrogens with zero attached hydrogens (tertiary/aromatic N) is 2. The maximum atomic E-state index is 13.5. The molecule has 0 fully saturated rings. The van der Waals surface area contributed by atoms with Crippen LogP contribution in [0.2, 0.25) is 5.02 Å². The lowest BCUT2D eigenvalue weighted by Gasteiger charge is -2.01. The second kappa shape index (κ2) is 3.75. The summed E-state index contributed by atoms with van der Waals surface area (Å²) >= 11 is 10.8. The number of aromatic nitrogens is 3. The summed E-state index contributed by atoms with van der Waals surface area (Å²) in [5.41, 5.74) is 0.242. The van der Waals surface area contributed by atoms with Crippen LogP contribution in [0.1, 0.15) is 0 Å². The molecule has 0 bridgehead atoms. The van der Waals surface area contributed by atoms with Gasteiger partial charge in [0.15, 0.2) is 5.82 Å². The maximum Gasteiger partial charge on any atom is 0.216 e. The van der Waals surface area contributed by atoms with Crippen LogP contribution in [0, 0.1) is 10.6 Å². The molecule has 0 atom stereocenters. The molecule has 1 aromatic heterocycles. The zero-order valence-corrected chi connectivity index (χ0v) is 9.36. The highest BCUT2D eigenvalue weighted by atomic mass is 35.5. The van der Waals surface area contributed by atoms with Crippen molar-refractivity contribution >= 4 is 23.8 Å². The van der Waals surface area contributed by atoms with E-state index < -0.39 is 5.82 Å². The Balaban J connectivity index is 2.68. The molecule has 0 aliphatic carbocycles. The van der Waals surface area contributed by atoms with Gasteiger partial charge in [-0.15, -0.1) is 0 Å². The Bertz CT molecular complexity index is 540. The Morgan fingerprint density at radius 1 is 1.53 bits per heavy atom. The summed E-state index contributed by atoms with van der Waals surface area (Å²) in [6, 6.07) is 4.47. The highest BCUT2D eigenvalue weighted by Crippen LogP contribution is 2.27. The van der Waals surface area contributed by atoms with E-state index in [2.05, 4.69) is 10.1 Å². The van der Waals surface area contributed by atoms with Gasteiger partial charge in [0.2, 0.25) is 4.77 Å². The summed E-state index contributed by atoms with van der Waals surface area (Å²) in [4.78, 5) is 4.00. The van der Waals surface area contributed by atoms with Gasteiger partial charge in [-0.25, -0.2) is 4.39 Å². The number of aryl methyl sites for hydroxylation is 1. The van der Waals surface area contributed by atoms with Gasteiger partial charge in [-0.1, -0.05) is 17.7 Å². The Kier molecular flexibility index (Phi) is 2.58. The molecule has 1 N–H and O–H groups in total. The third-order valence-electron chi connectivity index (χ3n) is 1.97. The van der Waals surface area contributed by atoms with Crippen molar-refractivity contribution in [1.82, 2.24) is 14.8 Å². The van der Waals surface area contributed by atoms with Gasteiger partial charge in [-0.05, 0) is 24.4 Å². The van der Waals surface area contributed by atoms with E-state index in [0.717, 1.165) is 0 Å². The number of aromatic amines is 1. The molecule has 0 radical (unpaired) electrons. The van der Waals surface area contributed by atoms with Crippen LogP contribution in [0.4, 0.5) is 4.39 Å². The largest absolute Gasteiger partial charge is 0.279 e. The third-order valence-corrected chi connectivity index (χ3v) is 2.65. The molecule has 0 unspecified atom stereocenters. The fraction of sp³-hybridized carbons (Fsp3) is 0.111. The molecule has 3 nitrogen and oxygen atoms in total. The fourth-order valence-corrected chi connectivity index (χ4v) is 1.63. The van der Waals surface area contributed by atoms with Crippen LogP contribution in [0.25, 0.3) is 11.4 Å². The van der Waals surface area contributed by atoms with Gasteiger partial charge in [0.1, 0.15) is 5.82 Å². The Morgan fingerprint density at radius 2 is 2.27 bits per heavy atom. The predicted molar refractivity (Wildman–Crippen MR) is 58.8 cm³/mol. The SMILES string of the molecule is Cn1[nH]c(-c2c(F)cccc2Cl)nc1=S. The Hall–Kier alpha value is -1.20. The molecule has 1 heterocycles. The third kappa shape index (κ3) is 1.80. The predicted octanol–water partition coefficient (Wildman–Crippen LogP) is 2.94. The van der Waals surface area contributed by atoms with Crippen molar-refractivity contribution in [2.45, 2.75) is 0 Å². The molecule has 0 amide bonds. The molecule has 6 heteroatoms. The van der Waals surface area contributed by atoms with Gasteiger partial charge < -0.3 is 0 Å². The first-order valence-corrected chi connectivity index (χ1v) is 4.95. The Labute approximate surface area is 95.5 Å². The van der Waals surface area contributed by atoms with Crippen LogP contribution in [0.5, 0.6) is 0 Å². The minimum Gasteiger partial charge on any atom is -0.279 e. The zero-order chi connectivity index (χ0) is 11.0. The lowest BCUT2D eigenvalue weighted by molar-refractivity contribution is 0.629. The van der Waals surface area contributed by atoms with Crippen molar-refractivity contribution in [2.75, 3.05) is 0 Å². The molecule has 0 saturated heterocycles. The molecule has 0 saturated carbocycles. The standard InChI is InChI=1S/C9H7ClFN3S/c1-14-9(15)12-8(13-14)7-5(10)3-2-4-6(7)11/h2-4H,1H3,(H,12,13,15). The summed E-state index contributed by atoms with van der Waals surface area (Å²) in [7, 11) is 1.70. The van der Waals surface area contributed by atoms with E-state index in [1.165, 1.54) is 10.7 Å². The highest BCUT2D eigenvalue weighted by Gasteiger charge is 2.12. The monoisotopic (exact) mass is 243 g/mol. The van der Waals surface area contributed by atoms with E-state index in [9.17, 15) is 4.39 Å². The lowest BCUT2D eigenvalue weighted by atomic mass is 10.2. The van der Waals surface area contributed by atoms with Crippen molar-refractivity contribution in [3.8, 4) is 11.4 Å². The molecular weight excluding hydrogens is 237 g/mol. The van der Waals surface area contributed by atoms with Gasteiger partial charge in [-0.2, -0.15) is 4.98 Å². The topological polar surface area (TPSA) is 33.6 Å². The second-order valence-electron chi connectivity index (χ2n) is 3.01. The summed E-state index contributed by atoms with van der Waals surface area (Å²) in [6.07, 6.45) is 0. The number of benzene rings is 1. The summed E-state index contributed by atoms with van der Waals surface area (Å²) in [5.74, 6) is -0.0857. The highest BCUT2D eigenvalue weighted by molar-refractivity contribution is 7.71. The van der Waals surface area contributed by atoms with Crippen molar-refractivity contribution in [3.05, 3.63) is 33.8 Å². The van der Waals surface area contributed by atoms with Crippen molar-refractivity contribution in [2.24, 2.45) is 7.05 Å². The number of halogens is 2. The molecule has 0 spiro atoms. The van der Waals surface area contributed by atoms with Crippen molar-refractivity contribution < 1.29 is 4.39 Å². The van der Waals surface area contributed by atoms with Crippen LogP contribution < -0.4 is 0 Å². The minimum absolute atomic E-state index is 0.242. The minimum atomic E-state index is -0.424. The van der Waals surface area contributed by atoms with E-state index in [4.69, 9.17) is 23.8 Å². The van der Waals surface area contributed by atoms with E-state index in [0.29, 0.717) is 15.6 Å². The number of rotatable bonds is 1. The van der Waals surface area contributed by atoms with Gasteiger partial charge >= 0.3 is 0 Å². The number of H-pyrrole nitrogens is 1. The van der Waals surface area contributed by atoms with Crippen LogP contribution >= 0.6 is 23.8 Å². The molecule has 15 heavy (non-hydrogen) atoms. The van der Waals surface area contributed by atoms with Crippen LogP contribution in [-0.2, 0) is 7.05 Å². The molecule has 2 rings (SSSR count). The van der Waals surface area contributed by atoms with Gasteiger partial charge in [0, 0.05) is 7.05 Å². The molecule has 1 aromatic carbocycles. The molecule has 0 aliphatic rings. The second-order valence-corrected chi connectivity index (χ2v) is 3.78. The van der Waals surface area contributed by atoms with Crippen molar-refractivity contribution in [1.29, 1.82) is 0 Å². The fourth-order valence-electron chi connectivity index (χ4n) is 1.24. The van der Waals surface area contributed by atoms with Crippen LogP contribution in [0.3, 0.4) is 0 Å². The van der Waals surface area contributed by atoms with Crippen LogP contribution in [0.15, 0.2) is 18.2 Å². The molecular formula is C9H7ClFN3S. The normalized spacial score (nSPS) is 10.6. The first kappa shape index (κ1) is 10.3. The van der Waals surface area contributed by atoms with E-state index in [1.54, 1.807) is 19.2 Å². The average Bonchev–Trinajstić information content (AvgIpc) is 2.46. The first-order valence-electron chi connectivity index (χ1n) is 4.17. The van der Waals surface area contributed by atoms with Gasteiger partial charge in [0.25, 0.3) is 0 Å². The maximum absolute atomic E-state index is 13.5. The number of hydrogen-bond acceptors (Lipinski definition) is 2. The Morgan fingerprint density at radius 3 is 2.80 bits per heavy atom. The zero-order valence-electron chi connectivity index (χ0n) is 7.79. The lowest BCUT2D eigenvalue weighted by Crippen LogP contribution is -1.91. The van der Waals surface area contributed by atoms with E-state index in [1.807, 2.05) is 0 Å². The first-order chi connectivity index (χ1) is 7.09. The molecule has 2 aromatic rings. The van der Waals surface area contributed by atoms with Crippen molar-refractivity contribution in [3.63, 3.8) is 0 Å². The number of nitrogens with one attached hydrogen (secondary N) is 1. The average molecular weight is 244 g/mol.